The minimum Gasteiger partial charge on any atom is -0.320 e. The number of piperidine rings is 1. The number of rotatable bonds is 14. The fourth-order valence-corrected chi connectivity index (χ4v) is 5.11. The third-order valence-electron chi connectivity index (χ3n) is 6.14. The molecule has 1 aliphatic heterocycles. The van der Waals surface area contributed by atoms with E-state index in [0.717, 1.165) is 0 Å². The van der Waals surface area contributed by atoms with E-state index in [4.69, 9.17) is 0 Å². The van der Waals surface area contributed by atoms with Gasteiger partial charge in [-0.05, 0) is 43.0 Å². The van der Waals surface area contributed by atoms with Crippen LogP contribution < -0.4 is 0 Å². The van der Waals surface area contributed by atoms with Gasteiger partial charge < -0.3 is 4.48 Å². The summed E-state index contributed by atoms with van der Waals surface area (Å²) in [6.07, 6.45) is 18.9. The van der Waals surface area contributed by atoms with Gasteiger partial charge in [-0.1, -0.05) is 97.9 Å². The number of alkyl halides is 1. The maximum atomic E-state index is 2.50. The molecule has 26 heavy (non-hydrogen) atoms. The first-order valence-electron chi connectivity index (χ1n) is 11.3. The summed E-state index contributed by atoms with van der Waals surface area (Å²) in [6, 6.07) is 11.2. The zero-order chi connectivity index (χ0) is 18.3. The van der Waals surface area contributed by atoms with E-state index in [1.807, 2.05) is 0 Å². The van der Waals surface area contributed by atoms with Crippen LogP contribution in [-0.4, -0.2) is 28.5 Å². The fourth-order valence-electron chi connectivity index (χ4n) is 4.57. The van der Waals surface area contributed by atoms with Crippen LogP contribution in [0, 0.1) is 0 Å². The Morgan fingerprint density at radius 2 is 1.19 bits per heavy atom. The lowest BCUT2D eigenvalue weighted by atomic mass is 10.0. The van der Waals surface area contributed by atoms with Crippen LogP contribution in [0.5, 0.6) is 0 Å². The lowest BCUT2D eigenvalue weighted by Crippen LogP contribution is -2.51. The molecule has 0 unspecified atom stereocenters. The largest absolute Gasteiger partial charge is 0.320 e. The van der Waals surface area contributed by atoms with Crippen molar-refractivity contribution in [3.05, 3.63) is 35.9 Å². The van der Waals surface area contributed by atoms with Crippen molar-refractivity contribution in [2.75, 3.05) is 24.1 Å². The van der Waals surface area contributed by atoms with Crippen LogP contribution in [0.3, 0.4) is 0 Å². The molecule has 1 aromatic rings. The zero-order valence-electron chi connectivity index (χ0n) is 16.9. The Labute approximate surface area is 176 Å². The number of hydrogen-bond donors (Lipinski definition) is 0. The van der Waals surface area contributed by atoms with Gasteiger partial charge in [0.25, 0.3) is 0 Å². The second-order valence-electron chi connectivity index (χ2n) is 8.44. The van der Waals surface area contributed by atoms with Crippen molar-refractivity contribution in [1.82, 2.24) is 0 Å². The van der Waals surface area contributed by atoms with Crippen molar-refractivity contribution >= 4 is 22.6 Å². The lowest BCUT2D eigenvalue weighted by Gasteiger charge is -2.42. The second-order valence-corrected chi connectivity index (χ2v) is 9.52. The number of quaternary nitrogens is 1. The lowest BCUT2D eigenvalue weighted by molar-refractivity contribution is -0.945. The monoisotopic (exact) mass is 470 g/mol. The first-order valence-corrected chi connectivity index (χ1v) is 12.8. The van der Waals surface area contributed by atoms with Crippen LogP contribution in [0.1, 0.15) is 89.0 Å². The zero-order valence-corrected chi connectivity index (χ0v) is 19.1. The van der Waals surface area contributed by atoms with Crippen LogP contribution >= 0.6 is 22.6 Å². The van der Waals surface area contributed by atoms with Gasteiger partial charge in [0.15, 0.2) is 0 Å². The third-order valence-corrected chi connectivity index (χ3v) is 6.90. The molecule has 2 rings (SSSR count). The number of unbranched alkanes of at least 4 members (excludes halogenated alkanes) is 9. The molecular formula is C24H41IN+. The predicted molar refractivity (Wildman–Crippen MR) is 124 cm³/mol. The molecule has 0 saturated carbocycles. The van der Waals surface area contributed by atoms with E-state index in [1.54, 1.807) is 0 Å². The Morgan fingerprint density at radius 1 is 0.654 bits per heavy atom. The summed E-state index contributed by atoms with van der Waals surface area (Å²) in [7, 11) is 0. The van der Waals surface area contributed by atoms with Gasteiger partial charge in [-0.15, -0.1) is 0 Å². The Hall–Kier alpha value is -0.0900. The van der Waals surface area contributed by atoms with E-state index in [1.165, 1.54) is 124 Å². The molecule has 1 heterocycles. The highest BCUT2D eigenvalue weighted by Gasteiger charge is 2.29. The van der Waals surface area contributed by atoms with Gasteiger partial charge in [-0.3, -0.25) is 0 Å². The Balaban J connectivity index is 1.58. The van der Waals surface area contributed by atoms with E-state index < -0.39 is 0 Å². The second kappa shape index (κ2) is 14.0. The summed E-state index contributed by atoms with van der Waals surface area (Å²) in [4.78, 5) is 0. The molecule has 1 fully saturated rings. The molecule has 0 radical (unpaired) electrons. The highest BCUT2D eigenvalue weighted by molar-refractivity contribution is 14.1. The third kappa shape index (κ3) is 9.21. The molecule has 0 bridgehead atoms. The van der Waals surface area contributed by atoms with Crippen LogP contribution in [0.4, 0.5) is 0 Å². The molecule has 2 heteroatoms. The van der Waals surface area contributed by atoms with E-state index in [-0.39, 0.29) is 0 Å². The molecule has 1 aliphatic rings. The van der Waals surface area contributed by atoms with E-state index >= 15 is 0 Å². The fraction of sp³-hybridized carbons (Fsp3) is 0.750. The molecule has 0 aliphatic carbocycles. The minimum absolute atomic E-state index is 1.26. The first-order chi connectivity index (χ1) is 12.8. The molecule has 0 amide bonds. The Morgan fingerprint density at radius 3 is 1.77 bits per heavy atom. The van der Waals surface area contributed by atoms with Gasteiger partial charge in [0.05, 0.1) is 19.6 Å². The summed E-state index contributed by atoms with van der Waals surface area (Å²) >= 11 is 2.50. The molecule has 148 valence electrons. The van der Waals surface area contributed by atoms with Crippen LogP contribution in [0.25, 0.3) is 0 Å². The summed E-state index contributed by atoms with van der Waals surface area (Å²) in [5, 5.41) is 0. The van der Waals surface area contributed by atoms with E-state index in [9.17, 15) is 0 Å². The van der Waals surface area contributed by atoms with Gasteiger partial charge in [0, 0.05) is 5.56 Å². The SMILES string of the molecule is ICCCCCCCCCCCC[N+]1(Cc2ccccc2)CCCCC1. The molecule has 0 N–H and O–H groups in total. The summed E-state index contributed by atoms with van der Waals surface area (Å²) in [5.74, 6) is 0. The van der Waals surface area contributed by atoms with Crippen molar-refractivity contribution in [2.45, 2.75) is 90.0 Å². The van der Waals surface area contributed by atoms with Crippen molar-refractivity contribution in [1.29, 1.82) is 0 Å². The Kier molecular flexibility index (Phi) is 11.9. The molecule has 1 saturated heterocycles. The maximum Gasteiger partial charge on any atom is 0.104 e. The molecule has 0 spiro atoms. The molecule has 1 nitrogen and oxygen atoms in total. The van der Waals surface area contributed by atoms with Gasteiger partial charge in [-0.2, -0.15) is 0 Å². The average Bonchev–Trinajstić information content (AvgIpc) is 2.68. The van der Waals surface area contributed by atoms with E-state index in [0.29, 0.717) is 0 Å². The van der Waals surface area contributed by atoms with Gasteiger partial charge >= 0.3 is 0 Å². The molecule has 0 atom stereocenters. The first kappa shape index (κ1) is 22.2. The number of likely N-dealkylation sites (tertiary alicyclic amines) is 1. The van der Waals surface area contributed by atoms with Crippen molar-refractivity contribution in [3.8, 4) is 0 Å². The Bertz CT molecular complexity index is 439. The van der Waals surface area contributed by atoms with Crippen molar-refractivity contribution in [2.24, 2.45) is 0 Å². The van der Waals surface area contributed by atoms with Crippen LogP contribution in [0.2, 0.25) is 0 Å². The van der Waals surface area contributed by atoms with Gasteiger partial charge in [-0.25, -0.2) is 0 Å². The van der Waals surface area contributed by atoms with Crippen LogP contribution in [0.15, 0.2) is 30.3 Å². The normalized spacial score (nSPS) is 16.7. The summed E-state index contributed by atoms with van der Waals surface area (Å²) in [6.45, 7) is 5.49. The maximum absolute atomic E-state index is 2.50. The molecule has 1 aromatic carbocycles. The number of hydrogen-bond acceptors (Lipinski definition) is 0. The topological polar surface area (TPSA) is 0 Å². The quantitative estimate of drug-likeness (QED) is 0.114. The minimum atomic E-state index is 1.26. The van der Waals surface area contributed by atoms with Crippen LogP contribution in [-0.2, 0) is 6.54 Å². The number of halogens is 1. The smallest absolute Gasteiger partial charge is 0.104 e. The number of nitrogens with zero attached hydrogens (tertiary/aromatic N) is 1. The summed E-state index contributed by atoms with van der Waals surface area (Å²) < 4.78 is 2.70. The van der Waals surface area contributed by atoms with Gasteiger partial charge in [0.1, 0.15) is 6.54 Å². The summed E-state index contributed by atoms with van der Waals surface area (Å²) in [5.41, 5.74) is 1.54. The number of benzene rings is 1. The highest BCUT2D eigenvalue weighted by Crippen LogP contribution is 2.24. The predicted octanol–water partition coefficient (Wildman–Crippen LogP) is 7.52. The highest BCUT2D eigenvalue weighted by atomic mass is 127. The molecular weight excluding hydrogens is 429 g/mol. The van der Waals surface area contributed by atoms with Crippen molar-refractivity contribution < 1.29 is 4.48 Å². The average molecular weight is 471 g/mol. The van der Waals surface area contributed by atoms with Crippen molar-refractivity contribution in [3.63, 3.8) is 0 Å². The van der Waals surface area contributed by atoms with Gasteiger partial charge in [0.2, 0.25) is 0 Å². The van der Waals surface area contributed by atoms with E-state index in [2.05, 4.69) is 52.9 Å². The molecule has 0 aromatic heterocycles. The standard InChI is InChI=1S/C24H41IN/c25-19-13-7-5-3-1-2-4-6-8-14-20-26(21-15-10-16-22-26)23-24-17-11-9-12-18-24/h9,11-12,17-18H,1-8,10,13-16,19-23H2/q+1.